The van der Waals surface area contributed by atoms with Crippen molar-refractivity contribution in [2.45, 2.75) is 50.4 Å². The summed E-state index contributed by atoms with van der Waals surface area (Å²) in [7, 11) is 0. The average Bonchev–Trinajstić information content (AvgIpc) is 2.95. The molecule has 1 amide bonds. The topological polar surface area (TPSA) is 77.0 Å². The first-order chi connectivity index (χ1) is 12.4. The Labute approximate surface area is 167 Å². The summed E-state index contributed by atoms with van der Waals surface area (Å²) >= 11 is 13.5. The molecule has 1 aliphatic rings. The number of hydrogen-bond donors (Lipinski definition) is 1. The molecule has 0 saturated carbocycles. The number of likely N-dealkylation sites (tertiary alicyclic amines) is 1. The van der Waals surface area contributed by atoms with Gasteiger partial charge in [-0.15, -0.1) is 10.2 Å². The molecule has 3 rings (SSSR count). The number of rotatable bonds is 4. The molecule has 0 bridgehead atoms. The molecule has 2 N–H and O–H groups in total. The maximum absolute atomic E-state index is 12.6. The first kappa shape index (κ1) is 19.3. The summed E-state index contributed by atoms with van der Waals surface area (Å²) in [5, 5.41) is 9.68. The molecule has 6 nitrogen and oxygen atoms in total. The Hall–Kier alpha value is -1.44. The van der Waals surface area contributed by atoms with Gasteiger partial charge in [0.1, 0.15) is 0 Å². The lowest BCUT2D eigenvalue weighted by Crippen LogP contribution is -2.48. The fourth-order valence-corrected chi connectivity index (χ4v) is 4.44. The molecule has 1 aliphatic heterocycles. The van der Waals surface area contributed by atoms with Crippen molar-refractivity contribution in [2.24, 2.45) is 0 Å². The molecule has 26 heavy (non-hydrogen) atoms. The lowest BCUT2D eigenvalue weighted by Gasteiger charge is -2.39. The minimum absolute atomic E-state index is 0.0973. The van der Waals surface area contributed by atoms with E-state index in [0.29, 0.717) is 26.6 Å². The van der Waals surface area contributed by atoms with Crippen LogP contribution in [-0.4, -0.2) is 43.5 Å². The molecule has 0 aliphatic carbocycles. The highest BCUT2D eigenvalue weighted by molar-refractivity contribution is 7.99. The third-order valence-corrected chi connectivity index (χ3v) is 6.13. The molecule has 140 valence electrons. The van der Waals surface area contributed by atoms with E-state index < -0.39 is 0 Å². The first-order valence-electron chi connectivity index (χ1n) is 8.48. The quantitative estimate of drug-likeness (QED) is 0.608. The molecule has 2 heterocycles. The van der Waals surface area contributed by atoms with E-state index in [1.807, 2.05) is 4.90 Å². The second-order valence-corrected chi connectivity index (χ2v) is 8.31. The number of aromatic nitrogens is 3. The van der Waals surface area contributed by atoms with Crippen molar-refractivity contribution < 1.29 is 4.79 Å². The number of nitrogens with zero attached hydrogens (tertiary/aromatic N) is 4. The Morgan fingerprint density at radius 3 is 2.65 bits per heavy atom. The van der Waals surface area contributed by atoms with E-state index in [4.69, 9.17) is 29.0 Å². The van der Waals surface area contributed by atoms with Crippen molar-refractivity contribution in [3.63, 3.8) is 0 Å². The van der Waals surface area contributed by atoms with Gasteiger partial charge in [-0.2, -0.15) is 0 Å². The van der Waals surface area contributed by atoms with Gasteiger partial charge in [-0.3, -0.25) is 4.79 Å². The van der Waals surface area contributed by atoms with E-state index in [1.165, 1.54) is 22.9 Å². The predicted molar refractivity (Wildman–Crippen MR) is 106 cm³/mol. The van der Waals surface area contributed by atoms with Gasteiger partial charge in [-0.25, -0.2) is 4.68 Å². The highest BCUT2D eigenvalue weighted by atomic mass is 35.5. The van der Waals surface area contributed by atoms with Crippen LogP contribution in [-0.2, 0) is 4.79 Å². The molecule has 1 aromatic heterocycles. The summed E-state index contributed by atoms with van der Waals surface area (Å²) in [5.41, 5.74) is 0.602. The molecule has 2 unspecified atom stereocenters. The second kappa shape index (κ2) is 8.06. The summed E-state index contributed by atoms with van der Waals surface area (Å²) in [6.45, 7) is 4.20. The largest absolute Gasteiger partial charge is 0.337 e. The maximum atomic E-state index is 12.6. The van der Waals surface area contributed by atoms with Crippen molar-refractivity contribution in [3.05, 3.63) is 28.2 Å². The molecule has 9 heteroatoms. The van der Waals surface area contributed by atoms with Gasteiger partial charge in [-0.1, -0.05) is 35.0 Å². The smallest absolute Gasteiger partial charge is 0.233 e. The Morgan fingerprint density at radius 2 is 1.96 bits per heavy atom. The van der Waals surface area contributed by atoms with Crippen LogP contribution in [0.1, 0.15) is 33.1 Å². The fourth-order valence-electron chi connectivity index (χ4n) is 3.34. The normalized spacial score (nSPS) is 20.4. The van der Waals surface area contributed by atoms with Crippen LogP contribution in [0.4, 0.5) is 0 Å². The van der Waals surface area contributed by atoms with Gasteiger partial charge in [0.2, 0.25) is 11.1 Å². The number of thioether (sulfide) groups is 1. The Balaban J connectivity index is 1.73. The summed E-state index contributed by atoms with van der Waals surface area (Å²) in [4.78, 5) is 14.6. The zero-order valence-corrected chi connectivity index (χ0v) is 17.0. The Bertz CT molecular complexity index is 802. The number of carbonyl (C=O) groups is 1. The van der Waals surface area contributed by atoms with Crippen molar-refractivity contribution >= 4 is 40.9 Å². The van der Waals surface area contributed by atoms with Gasteiger partial charge < -0.3 is 10.7 Å². The lowest BCUT2D eigenvalue weighted by atomic mass is 9.98. The van der Waals surface area contributed by atoms with Crippen LogP contribution in [0.25, 0.3) is 11.4 Å². The third kappa shape index (κ3) is 3.94. The van der Waals surface area contributed by atoms with Crippen LogP contribution >= 0.6 is 35.0 Å². The molecular weight excluding hydrogens is 393 g/mol. The monoisotopic (exact) mass is 413 g/mol. The van der Waals surface area contributed by atoms with E-state index in [2.05, 4.69) is 24.0 Å². The summed E-state index contributed by atoms with van der Waals surface area (Å²) in [5.74, 6) is 6.90. The minimum Gasteiger partial charge on any atom is -0.337 e. The second-order valence-electron chi connectivity index (χ2n) is 6.52. The van der Waals surface area contributed by atoms with Crippen LogP contribution in [0, 0.1) is 0 Å². The van der Waals surface area contributed by atoms with Crippen molar-refractivity contribution in [1.82, 2.24) is 19.8 Å². The average molecular weight is 414 g/mol. The lowest BCUT2D eigenvalue weighted by molar-refractivity contribution is -0.134. The molecule has 1 aromatic carbocycles. The van der Waals surface area contributed by atoms with Crippen LogP contribution in [0.3, 0.4) is 0 Å². The summed E-state index contributed by atoms with van der Waals surface area (Å²) in [6, 6.07) is 5.60. The number of carbonyl (C=O) groups excluding carboxylic acids is 1. The Kier molecular flexibility index (Phi) is 5.99. The molecule has 0 spiro atoms. The number of benzene rings is 1. The number of halogens is 2. The molecular formula is C17H21Cl2N5OS. The zero-order chi connectivity index (χ0) is 18.8. The van der Waals surface area contributed by atoms with Crippen molar-refractivity contribution in [1.29, 1.82) is 0 Å². The molecule has 2 atom stereocenters. The van der Waals surface area contributed by atoms with E-state index >= 15 is 0 Å². The van der Waals surface area contributed by atoms with Gasteiger partial charge in [0.05, 0.1) is 10.8 Å². The van der Waals surface area contributed by atoms with Crippen LogP contribution in [0.5, 0.6) is 0 Å². The molecule has 1 saturated heterocycles. The maximum Gasteiger partial charge on any atom is 0.233 e. The van der Waals surface area contributed by atoms with Crippen LogP contribution in [0.15, 0.2) is 23.4 Å². The van der Waals surface area contributed by atoms with Crippen LogP contribution < -0.4 is 5.84 Å². The standard InChI is InChI=1S/C17H21Cl2N5OS/c1-10-4-3-5-11(2)23(10)15(25)9-26-17-22-21-16(24(17)20)13-8-12(18)6-7-14(13)19/h6-8,10-11H,3-5,9,20H2,1-2H3. The van der Waals surface area contributed by atoms with Gasteiger partial charge >= 0.3 is 0 Å². The zero-order valence-electron chi connectivity index (χ0n) is 14.7. The summed E-state index contributed by atoms with van der Waals surface area (Å²) < 4.78 is 1.35. The molecule has 1 fully saturated rings. The van der Waals surface area contributed by atoms with E-state index in [1.54, 1.807) is 18.2 Å². The van der Waals surface area contributed by atoms with Gasteiger partial charge in [0.25, 0.3) is 0 Å². The van der Waals surface area contributed by atoms with Gasteiger partial charge in [0.15, 0.2) is 5.82 Å². The Morgan fingerprint density at radius 1 is 1.27 bits per heavy atom. The van der Waals surface area contributed by atoms with Crippen molar-refractivity contribution in [2.75, 3.05) is 11.6 Å². The summed E-state index contributed by atoms with van der Waals surface area (Å²) in [6.07, 6.45) is 3.26. The number of amides is 1. The third-order valence-electron chi connectivity index (χ3n) is 4.64. The van der Waals surface area contributed by atoms with Crippen molar-refractivity contribution in [3.8, 4) is 11.4 Å². The predicted octanol–water partition coefficient (Wildman–Crippen LogP) is 3.85. The molecule has 2 aromatic rings. The molecule has 0 radical (unpaired) electrons. The highest BCUT2D eigenvalue weighted by Crippen LogP contribution is 2.31. The van der Waals surface area contributed by atoms with Crippen LogP contribution in [0.2, 0.25) is 10.0 Å². The number of piperidine rings is 1. The van der Waals surface area contributed by atoms with E-state index in [-0.39, 0.29) is 23.7 Å². The first-order valence-corrected chi connectivity index (χ1v) is 10.2. The minimum atomic E-state index is 0.0973. The van der Waals surface area contributed by atoms with Gasteiger partial charge in [-0.05, 0) is 51.3 Å². The SMILES string of the molecule is CC1CCCC(C)N1C(=O)CSc1nnc(-c2cc(Cl)ccc2Cl)n1N. The number of hydrogen-bond acceptors (Lipinski definition) is 5. The number of nitrogen functional groups attached to an aromatic ring is 1. The highest BCUT2D eigenvalue weighted by Gasteiger charge is 2.29. The van der Waals surface area contributed by atoms with E-state index in [0.717, 1.165) is 12.8 Å². The van der Waals surface area contributed by atoms with Gasteiger partial charge in [0, 0.05) is 22.7 Å². The fraction of sp³-hybridized carbons (Fsp3) is 0.471. The number of nitrogens with two attached hydrogens (primary N) is 1. The van der Waals surface area contributed by atoms with E-state index in [9.17, 15) is 4.79 Å².